The monoisotopic (exact) mass is 934 g/mol. The predicted molar refractivity (Wildman–Crippen MR) is 225 cm³/mol. The second-order valence-electron chi connectivity index (χ2n) is 19.0. The molecule has 6 atom stereocenters. The molecule has 360 valence electrons. The van der Waals surface area contributed by atoms with Crippen LogP contribution in [0.4, 0.5) is 26.3 Å². The van der Waals surface area contributed by atoms with Crippen LogP contribution < -0.4 is 11.5 Å². The van der Waals surface area contributed by atoms with Gasteiger partial charge in [-0.1, -0.05) is 13.8 Å². The zero-order valence-corrected chi connectivity index (χ0v) is 36.8. The Hall–Kier alpha value is -5.50. The van der Waals surface area contributed by atoms with Crippen molar-refractivity contribution in [2.45, 2.75) is 102 Å². The number of amides is 4. The van der Waals surface area contributed by atoms with Crippen molar-refractivity contribution < 1.29 is 65.3 Å². The summed E-state index contributed by atoms with van der Waals surface area (Å²) in [5.74, 6) is -8.37. The van der Waals surface area contributed by atoms with E-state index in [0.717, 1.165) is 50.7 Å². The Bertz CT molecular complexity index is 2100. The Morgan fingerprint density at radius 3 is 1.24 bits per heavy atom. The van der Waals surface area contributed by atoms with Gasteiger partial charge in [-0.15, -0.1) is 0 Å². The van der Waals surface area contributed by atoms with Gasteiger partial charge in [0.1, 0.15) is 11.6 Å². The van der Waals surface area contributed by atoms with Crippen molar-refractivity contribution in [2.75, 3.05) is 39.3 Å². The van der Waals surface area contributed by atoms with Gasteiger partial charge >= 0.3 is 11.9 Å². The predicted octanol–water partition coefficient (Wildman–Crippen LogP) is 4.16. The van der Waals surface area contributed by atoms with Crippen molar-refractivity contribution in [1.82, 2.24) is 19.6 Å². The van der Waals surface area contributed by atoms with Crippen LogP contribution in [-0.2, 0) is 41.6 Å². The summed E-state index contributed by atoms with van der Waals surface area (Å²) in [7, 11) is 0. The first kappa shape index (κ1) is 49.9. The smallest absolute Gasteiger partial charge is 0.328 e. The summed E-state index contributed by atoms with van der Waals surface area (Å²) < 4.78 is 80.5. The highest BCUT2D eigenvalue weighted by molar-refractivity contribution is 5.89. The summed E-state index contributed by atoms with van der Waals surface area (Å²) in [6.45, 7) is 7.71. The molecule has 2 saturated carbocycles. The maximum absolute atomic E-state index is 13.8. The molecule has 20 heteroatoms. The number of aliphatic carboxylic acids is 2. The first-order valence-electron chi connectivity index (χ1n) is 22.1. The van der Waals surface area contributed by atoms with E-state index in [4.69, 9.17) is 21.7 Å². The molecule has 4 saturated heterocycles. The molecular weight excluding hydrogens is 879 g/mol. The molecule has 14 nitrogen and oxygen atoms in total. The van der Waals surface area contributed by atoms with Crippen molar-refractivity contribution in [3.05, 3.63) is 82.4 Å². The number of benzene rings is 2. The molecular formula is C46H56F6N6O8. The lowest BCUT2D eigenvalue weighted by Crippen LogP contribution is -2.43. The fourth-order valence-corrected chi connectivity index (χ4v) is 9.42. The van der Waals surface area contributed by atoms with Gasteiger partial charge in [0.25, 0.3) is 0 Å². The molecule has 0 aromatic heterocycles. The van der Waals surface area contributed by atoms with Gasteiger partial charge < -0.3 is 41.3 Å². The Kier molecular flexibility index (Phi) is 15.2. The number of likely N-dealkylation sites (tertiary alicyclic amines) is 4. The maximum atomic E-state index is 13.8. The molecule has 0 unspecified atom stereocenters. The van der Waals surface area contributed by atoms with E-state index < -0.39 is 58.9 Å². The summed E-state index contributed by atoms with van der Waals surface area (Å²) in [5, 5.41) is 15.6. The number of hydrogen-bond donors (Lipinski definition) is 4. The number of carboxylic acids is 2. The Labute approximate surface area is 377 Å². The minimum Gasteiger partial charge on any atom is -0.478 e. The van der Waals surface area contributed by atoms with Crippen LogP contribution in [0.1, 0.15) is 76.3 Å². The number of halogens is 6. The molecule has 4 amide bonds. The average molecular weight is 935 g/mol. The minimum atomic E-state index is -1.26. The molecule has 2 aromatic rings. The van der Waals surface area contributed by atoms with Crippen molar-refractivity contribution >= 4 is 35.6 Å². The zero-order valence-electron chi connectivity index (χ0n) is 36.8. The largest absolute Gasteiger partial charge is 0.478 e. The number of carbonyl (C=O) groups excluding carboxylic acids is 4. The summed E-state index contributed by atoms with van der Waals surface area (Å²) >= 11 is 0. The third kappa shape index (κ3) is 11.9. The fraction of sp³-hybridized carbons (Fsp3) is 0.565. The van der Waals surface area contributed by atoms with Crippen molar-refractivity contribution in [3.8, 4) is 0 Å². The van der Waals surface area contributed by atoms with E-state index in [1.165, 1.54) is 0 Å². The number of nitrogens with zero attached hydrogens (tertiary/aromatic N) is 4. The molecule has 6 fully saturated rings. The maximum Gasteiger partial charge on any atom is 0.328 e. The second-order valence-corrected chi connectivity index (χ2v) is 19.0. The molecule has 0 spiro atoms. The molecule has 0 bridgehead atoms. The lowest BCUT2D eigenvalue weighted by Gasteiger charge is -2.27. The van der Waals surface area contributed by atoms with Crippen LogP contribution in [0.25, 0.3) is 0 Å². The lowest BCUT2D eigenvalue weighted by molar-refractivity contribution is -0.137. The number of fused-ring (bicyclic) bond motifs is 2. The van der Waals surface area contributed by atoms with Crippen LogP contribution >= 0.6 is 0 Å². The van der Waals surface area contributed by atoms with E-state index in [-0.39, 0.29) is 95.2 Å². The average Bonchev–Trinajstić information content (AvgIpc) is 3.86. The van der Waals surface area contributed by atoms with Crippen molar-refractivity contribution in [1.29, 1.82) is 0 Å². The van der Waals surface area contributed by atoms with E-state index in [0.29, 0.717) is 63.6 Å². The van der Waals surface area contributed by atoms with Gasteiger partial charge in [0, 0.05) is 111 Å². The number of carboxylic acid groups (broad SMARTS) is 2. The van der Waals surface area contributed by atoms with E-state index in [2.05, 4.69) is 0 Å². The highest BCUT2D eigenvalue weighted by Crippen LogP contribution is 2.49. The highest BCUT2D eigenvalue weighted by atomic mass is 19.2. The second kappa shape index (κ2) is 20.2. The van der Waals surface area contributed by atoms with E-state index >= 15 is 0 Å². The first-order chi connectivity index (χ1) is 31.0. The van der Waals surface area contributed by atoms with Gasteiger partial charge in [-0.3, -0.25) is 19.2 Å². The Morgan fingerprint density at radius 1 is 0.591 bits per heavy atom. The van der Waals surface area contributed by atoms with E-state index in [1.807, 2.05) is 23.6 Å². The molecule has 6 N–H and O–H groups in total. The minimum absolute atomic E-state index is 0.000928. The molecule has 0 radical (unpaired) electrons. The van der Waals surface area contributed by atoms with Gasteiger partial charge in [0.15, 0.2) is 23.3 Å². The van der Waals surface area contributed by atoms with E-state index in [9.17, 15) is 55.1 Å². The topological polar surface area (TPSA) is 208 Å². The van der Waals surface area contributed by atoms with Gasteiger partial charge in [-0.2, -0.15) is 0 Å². The Morgan fingerprint density at radius 2 is 0.924 bits per heavy atom. The van der Waals surface area contributed by atoms with Crippen LogP contribution in [0.3, 0.4) is 0 Å². The third-order valence-electron chi connectivity index (χ3n) is 13.7. The molecule has 8 rings (SSSR count). The van der Waals surface area contributed by atoms with Crippen LogP contribution in [-0.4, -0.2) is 129 Å². The summed E-state index contributed by atoms with van der Waals surface area (Å²) in [4.78, 5) is 77.3. The lowest BCUT2D eigenvalue weighted by atomic mass is 10.0. The van der Waals surface area contributed by atoms with E-state index in [1.54, 1.807) is 9.80 Å². The number of carbonyl (C=O) groups is 6. The number of rotatable bonds is 12. The Balaban J connectivity index is 0.000000188. The normalized spacial score (nSPS) is 23.8. The summed E-state index contributed by atoms with van der Waals surface area (Å²) in [6.07, 6.45) is 6.40. The van der Waals surface area contributed by atoms with Gasteiger partial charge in [-0.25, -0.2) is 35.9 Å². The molecule has 4 heterocycles. The molecule has 6 aliphatic rings. The van der Waals surface area contributed by atoms with Crippen LogP contribution in [0.5, 0.6) is 0 Å². The third-order valence-corrected chi connectivity index (χ3v) is 13.7. The highest BCUT2D eigenvalue weighted by Gasteiger charge is 2.53. The van der Waals surface area contributed by atoms with Gasteiger partial charge in [-0.05, 0) is 74.6 Å². The molecule has 2 aromatic carbocycles. The number of hydrogen-bond acceptors (Lipinski definition) is 8. The molecule has 2 aliphatic carbocycles. The SMILES string of the molecule is CC1(C(=O)N2C[C@@H]3CCN(C(=O)C[C@H](N)Cc4cc(F)c(F)cc4F)[C@@H]3C2)CC1.CC1(C(=O)N2C[C@@H]3CCN(C(=O)C[C@H](N)Cc4cc(F)c(F)cc4F)[C@@H]3C2)CC1.O=C(O)/C=C/C(=O)O. The summed E-state index contributed by atoms with van der Waals surface area (Å²) in [5.41, 5.74) is 11.5. The zero-order chi connectivity index (χ0) is 48.4. The van der Waals surface area contributed by atoms with Crippen LogP contribution in [0.15, 0.2) is 36.4 Å². The standard InChI is InChI=1S/2C21H26F3N3O2.C4H4O4/c2*1-21(3-4-21)20(29)26-10-12-2-5-27(18(12)11-26)19(28)8-14(25)6-13-7-16(23)17(24)9-15(13)22;5-3(6)1-2-4(7)8/h2*7,9,12,14,18H,2-6,8,10-11,25H2,1H3;1-2H,(H,5,6)(H,7,8)/b;;2-1+/t2*12-,14+,18+;/m00./s1. The van der Waals surface area contributed by atoms with Gasteiger partial charge in [0.2, 0.25) is 23.6 Å². The number of nitrogens with two attached hydrogens (primary N) is 2. The molecule has 4 aliphatic heterocycles. The van der Waals surface area contributed by atoms with Crippen molar-refractivity contribution in [3.63, 3.8) is 0 Å². The van der Waals surface area contributed by atoms with Crippen LogP contribution in [0, 0.1) is 57.6 Å². The summed E-state index contributed by atoms with van der Waals surface area (Å²) in [6, 6.07) is 1.17. The first-order valence-corrected chi connectivity index (χ1v) is 22.1. The van der Waals surface area contributed by atoms with Crippen LogP contribution in [0.2, 0.25) is 0 Å². The quantitative estimate of drug-likeness (QED) is 0.136. The van der Waals surface area contributed by atoms with Crippen molar-refractivity contribution in [2.24, 2.45) is 34.1 Å². The van der Waals surface area contributed by atoms with Gasteiger partial charge in [0.05, 0.1) is 12.1 Å². The molecule has 66 heavy (non-hydrogen) atoms. The fourth-order valence-electron chi connectivity index (χ4n) is 9.42.